The van der Waals surface area contributed by atoms with Crippen molar-refractivity contribution < 1.29 is 0 Å². The van der Waals surface area contributed by atoms with E-state index in [1.165, 1.54) is 20.9 Å². The van der Waals surface area contributed by atoms with Crippen molar-refractivity contribution in [2.45, 2.75) is 12.2 Å². The zero-order valence-corrected chi connectivity index (χ0v) is 10.5. The molecule has 0 aliphatic carbocycles. The summed E-state index contributed by atoms with van der Waals surface area (Å²) in [6, 6.07) is 19.6. The molecule has 0 saturated carbocycles. The molecule has 0 heterocycles. The third-order valence-corrected chi connectivity index (χ3v) is 4.54. The van der Waals surface area contributed by atoms with Gasteiger partial charge in [-0.15, -0.1) is 0 Å². The molecule has 0 aliphatic heterocycles. The maximum atomic E-state index is 2.24. The van der Waals surface area contributed by atoms with Crippen molar-refractivity contribution in [2.24, 2.45) is 0 Å². The predicted octanol–water partition coefficient (Wildman–Crippen LogP) is 2.52. The van der Waals surface area contributed by atoms with Crippen molar-refractivity contribution in [2.75, 3.05) is 0 Å². The van der Waals surface area contributed by atoms with E-state index >= 15 is 0 Å². The Bertz CT molecular complexity index is 403. The molecule has 0 radical (unpaired) electrons. The summed E-state index contributed by atoms with van der Waals surface area (Å²) >= 11 is 0.566. The summed E-state index contributed by atoms with van der Waals surface area (Å²) in [6.07, 6.45) is 0. The second-order valence-electron chi connectivity index (χ2n) is 3.59. The molecule has 2 aromatic rings. The Morgan fingerprint density at radius 3 is 2.20 bits per heavy atom. The summed E-state index contributed by atoms with van der Waals surface area (Å²) in [5, 5.41) is 1.19. The van der Waals surface area contributed by atoms with E-state index in [0.29, 0.717) is 15.0 Å². The third-order valence-electron chi connectivity index (χ3n) is 2.27. The average molecular weight is 261 g/mol. The first-order valence-corrected chi connectivity index (χ1v) is 7.15. The Kier molecular flexibility index (Phi) is 3.60. The van der Waals surface area contributed by atoms with Crippen LogP contribution >= 0.6 is 0 Å². The molecule has 0 bridgehead atoms. The van der Waals surface area contributed by atoms with E-state index in [1.54, 1.807) is 0 Å². The number of hydrogen-bond donors (Lipinski definition) is 0. The van der Waals surface area contributed by atoms with Crippen LogP contribution in [0.4, 0.5) is 0 Å². The summed E-state index contributed by atoms with van der Waals surface area (Å²) in [5.74, 6) is 0. The van der Waals surface area contributed by atoms with Gasteiger partial charge < -0.3 is 0 Å². The van der Waals surface area contributed by atoms with Crippen molar-refractivity contribution in [3.8, 4) is 0 Å². The average Bonchev–Trinajstić information content (AvgIpc) is 2.30. The SMILES string of the molecule is Cc1ccc(C[Se]c2ccccc2)cc1. The first kappa shape index (κ1) is 10.5. The van der Waals surface area contributed by atoms with Crippen LogP contribution in [0.25, 0.3) is 0 Å². The molecule has 2 aromatic carbocycles. The van der Waals surface area contributed by atoms with Gasteiger partial charge in [-0.05, 0) is 0 Å². The van der Waals surface area contributed by atoms with Gasteiger partial charge in [-0.1, -0.05) is 0 Å². The first-order chi connectivity index (χ1) is 7.34. The van der Waals surface area contributed by atoms with Crippen LogP contribution in [0.15, 0.2) is 54.6 Å². The van der Waals surface area contributed by atoms with E-state index < -0.39 is 0 Å². The number of hydrogen-bond acceptors (Lipinski definition) is 0. The zero-order valence-electron chi connectivity index (χ0n) is 8.81. The van der Waals surface area contributed by atoms with Crippen LogP contribution in [-0.4, -0.2) is 15.0 Å². The van der Waals surface area contributed by atoms with Gasteiger partial charge >= 0.3 is 97.4 Å². The summed E-state index contributed by atoms with van der Waals surface area (Å²) in [6.45, 7) is 2.13. The van der Waals surface area contributed by atoms with E-state index in [0.717, 1.165) is 0 Å². The molecular weight excluding hydrogens is 247 g/mol. The van der Waals surface area contributed by atoms with Crippen LogP contribution in [0.2, 0.25) is 0 Å². The van der Waals surface area contributed by atoms with Crippen LogP contribution in [0, 0.1) is 6.92 Å². The quantitative estimate of drug-likeness (QED) is 0.745. The van der Waals surface area contributed by atoms with Crippen LogP contribution in [-0.2, 0) is 5.32 Å². The van der Waals surface area contributed by atoms with Crippen molar-refractivity contribution in [1.29, 1.82) is 0 Å². The molecule has 76 valence electrons. The van der Waals surface area contributed by atoms with Gasteiger partial charge in [-0.3, -0.25) is 0 Å². The third kappa shape index (κ3) is 3.23. The first-order valence-electron chi connectivity index (χ1n) is 5.08. The summed E-state index contributed by atoms with van der Waals surface area (Å²) < 4.78 is 1.48. The Balaban J connectivity index is 1.96. The standard InChI is InChI=1S/C14H14Se/c1-12-7-9-13(10-8-12)11-15-14-5-3-2-4-6-14/h2-10H,11H2,1H3. The van der Waals surface area contributed by atoms with Crippen molar-refractivity contribution in [3.63, 3.8) is 0 Å². The van der Waals surface area contributed by atoms with Crippen LogP contribution in [0.1, 0.15) is 11.1 Å². The van der Waals surface area contributed by atoms with Crippen molar-refractivity contribution in [3.05, 3.63) is 65.7 Å². The molecule has 0 spiro atoms. The van der Waals surface area contributed by atoms with Gasteiger partial charge in [0.1, 0.15) is 0 Å². The minimum absolute atomic E-state index is 0.566. The molecule has 0 aliphatic rings. The minimum atomic E-state index is 0.566. The van der Waals surface area contributed by atoms with Crippen LogP contribution in [0.3, 0.4) is 0 Å². The Morgan fingerprint density at radius 2 is 1.53 bits per heavy atom. The van der Waals surface area contributed by atoms with Gasteiger partial charge in [0, 0.05) is 0 Å². The van der Waals surface area contributed by atoms with E-state index in [4.69, 9.17) is 0 Å². The molecule has 2 rings (SSSR count). The van der Waals surface area contributed by atoms with Gasteiger partial charge in [0.25, 0.3) is 0 Å². The number of aryl methyl sites for hydroxylation is 1. The second-order valence-corrected chi connectivity index (χ2v) is 5.79. The molecule has 0 amide bonds. The molecule has 0 N–H and O–H groups in total. The van der Waals surface area contributed by atoms with E-state index in [-0.39, 0.29) is 0 Å². The Labute approximate surface area is 97.5 Å². The normalized spacial score (nSPS) is 10.2. The second kappa shape index (κ2) is 5.16. The summed E-state index contributed by atoms with van der Waals surface area (Å²) in [5.41, 5.74) is 2.79. The van der Waals surface area contributed by atoms with E-state index in [2.05, 4.69) is 61.5 Å². The van der Waals surface area contributed by atoms with Gasteiger partial charge in [-0.25, -0.2) is 0 Å². The molecule has 0 unspecified atom stereocenters. The fourth-order valence-electron chi connectivity index (χ4n) is 1.37. The maximum absolute atomic E-state index is 2.24. The molecule has 0 saturated heterocycles. The molecule has 15 heavy (non-hydrogen) atoms. The van der Waals surface area contributed by atoms with Gasteiger partial charge in [-0.2, -0.15) is 0 Å². The Hall–Kier alpha value is -1.04. The van der Waals surface area contributed by atoms with Crippen LogP contribution in [0.5, 0.6) is 0 Å². The van der Waals surface area contributed by atoms with Gasteiger partial charge in [0.15, 0.2) is 0 Å². The predicted molar refractivity (Wildman–Crippen MR) is 66.7 cm³/mol. The molecular formula is C14H14Se. The molecule has 0 aromatic heterocycles. The number of rotatable bonds is 3. The van der Waals surface area contributed by atoms with Crippen molar-refractivity contribution in [1.82, 2.24) is 0 Å². The fourth-order valence-corrected chi connectivity index (χ4v) is 3.20. The molecule has 1 heteroatoms. The van der Waals surface area contributed by atoms with Gasteiger partial charge in [0.2, 0.25) is 0 Å². The topological polar surface area (TPSA) is 0 Å². The van der Waals surface area contributed by atoms with E-state index in [9.17, 15) is 0 Å². The summed E-state index contributed by atoms with van der Waals surface area (Å²) in [7, 11) is 0. The molecule has 0 fully saturated rings. The molecule has 0 nitrogen and oxygen atoms in total. The summed E-state index contributed by atoms with van der Waals surface area (Å²) in [4.78, 5) is 0. The van der Waals surface area contributed by atoms with E-state index in [1.807, 2.05) is 0 Å². The zero-order chi connectivity index (χ0) is 10.5. The van der Waals surface area contributed by atoms with Crippen LogP contribution < -0.4 is 4.46 Å². The van der Waals surface area contributed by atoms with Crippen molar-refractivity contribution >= 4 is 19.4 Å². The Morgan fingerprint density at radius 1 is 0.867 bits per heavy atom. The monoisotopic (exact) mass is 262 g/mol. The van der Waals surface area contributed by atoms with Gasteiger partial charge in [0.05, 0.1) is 0 Å². The fraction of sp³-hybridized carbons (Fsp3) is 0.143. The molecule has 0 atom stereocenters. The number of benzene rings is 2.